The van der Waals surface area contributed by atoms with E-state index in [9.17, 15) is 9.00 Å². The number of amides is 1. The number of pyridine rings is 1. The molecule has 1 unspecified atom stereocenters. The lowest BCUT2D eigenvalue weighted by Crippen LogP contribution is -2.29. The zero-order chi connectivity index (χ0) is 20.4. The summed E-state index contributed by atoms with van der Waals surface area (Å²) < 4.78 is 24.6. The van der Waals surface area contributed by atoms with Gasteiger partial charge in [0.05, 0.1) is 38.1 Å². The number of hydrogen-bond acceptors (Lipinski definition) is 6. The summed E-state index contributed by atoms with van der Waals surface area (Å²) >= 11 is 6.26. The van der Waals surface area contributed by atoms with Crippen LogP contribution in [0.1, 0.15) is 16.1 Å². The van der Waals surface area contributed by atoms with E-state index in [1.807, 2.05) is 0 Å². The Balaban J connectivity index is 1.60. The van der Waals surface area contributed by atoms with Gasteiger partial charge in [-0.3, -0.25) is 14.5 Å². The van der Waals surface area contributed by atoms with E-state index in [0.29, 0.717) is 29.5 Å². The molecule has 29 heavy (non-hydrogen) atoms. The minimum atomic E-state index is -2.96. The summed E-state index contributed by atoms with van der Waals surface area (Å²) in [5.74, 6) is 0.351. The molecule has 3 aromatic rings. The highest BCUT2D eigenvalue weighted by Gasteiger charge is 2.22. The summed E-state index contributed by atoms with van der Waals surface area (Å²) in [7, 11) is -2.96. The largest absolute Gasteiger partial charge is 0.456 e. The average molecular weight is 432 g/mol. The second kappa shape index (κ2) is 7.94. The topological polar surface area (TPSA) is 98.5 Å². The van der Waals surface area contributed by atoms with Gasteiger partial charge in [-0.15, -0.1) is 0 Å². The first-order chi connectivity index (χ1) is 13.9. The number of rotatable bonds is 4. The molecule has 2 aromatic heterocycles. The van der Waals surface area contributed by atoms with Crippen molar-refractivity contribution in [3.8, 4) is 11.5 Å². The Labute approximate surface area is 173 Å². The van der Waals surface area contributed by atoms with Crippen LogP contribution in [0.4, 0.5) is 0 Å². The van der Waals surface area contributed by atoms with Crippen LogP contribution in [0, 0.1) is 0 Å². The lowest BCUT2D eigenvalue weighted by molar-refractivity contribution is 0.100. The van der Waals surface area contributed by atoms with Crippen molar-refractivity contribution in [3.63, 3.8) is 0 Å². The molecule has 0 spiro atoms. The molecule has 0 saturated heterocycles. The number of nitrogens with one attached hydrogen (secondary N) is 1. The molecule has 1 atom stereocenters. The maximum atomic E-state index is 13.2. The average Bonchev–Trinajstić information content (AvgIpc) is 3.15. The third-order valence-corrected chi connectivity index (χ3v) is 6.39. The molecule has 0 radical (unpaired) electrons. The number of hydrogen-bond donors (Lipinski definition) is 1. The first-order valence-electron chi connectivity index (χ1n) is 8.83. The van der Waals surface area contributed by atoms with Crippen LogP contribution < -0.4 is 10.1 Å². The molecule has 1 aliphatic heterocycles. The fourth-order valence-corrected chi connectivity index (χ4v) is 4.58. The molecule has 1 N–H and O–H groups in total. The number of aromatic nitrogens is 3. The molecule has 3 heterocycles. The van der Waals surface area contributed by atoms with Crippen molar-refractivity contribution < 1.29 is 13.7 Å². The normalized spacial score (nSPS) is 15.2. The fraction of sp³-hybridized carbons (Fsp3) is 0.211. The second-order valence-electron chi connectivity index (χ2n) is 6.48. The van der Waals surface area contributed by atoms with Crippen LogP contribution in [0.15, 0.2) is 58.2 Å². The van der Waals surface area contributed by atoms with Gasteiger partial charge in [0, 0.05) is 37.3 Å². The van der Waals surface area contributed by atoms with Crippen molar-refractivity contribution >= 4 is 27.2 Å². The van der Waals surface area contributed by atoms with Gasteiger partial charge in [-0.2, -0.15) is 9.46 Å². The van der Waals surface area contributed by atoms with Crippen LogP contribution in [0.3, 0.4) is 0 Å². The highest BCUT2D eigenvalue weighted by Crippen LogP contribution is 2.30. The predicted molar refractivity (Wildman–Crippen MR) is 109 cm³/mol. The molecular weight excluding hydrogens is 414 g/mol. The third-order valence-electron chi connectivity index (χ3n) is 4.42. The summed E-state index contributed by atoms with van der Waals surface area (Å²) in [6.45, 7) is 2.02. The van der Waals surface area contributed by atoms with E-state index < -0.39 is 15.6 Å². The van der Waals surface area contributed by atoms with Crippen molar-refractivity contribution in [1.82, 2.24) is 20.1 Å². The van der Waals surface area contributed by atoms with Gasteiger partial charge >= 0.3 is 0 Å². The molecule has 0 saturated carbocycles. The molecule has 8 nitrogen and oxygen atoms in total. The molecule has 150 valence electrons. The van der Waals surface area contributed by atoms with E-state index in [4.69, 9.17) is 16.3 Å². The van der Waals surface area contributed by atoms with Gasteiger partial charge in [0.25, 0.3) is 5.91 Å². The number of benzene rings is 1. The Morgan fingerprint density at radius 3 is 2.86 bits per heavy atom. The van der Waals surface area contributed by atoms with E-state index in [2.05, 4.69) is 19.8 Å². The number of ether oxygens (including phenoxy) is 1. The summed E-state index contributed by atoms with van der Waals surface area (Å²) in [6.07, 6.45) is 6.17. The number of halogens is 1. The lowest BCUT2D eigenvalue weighted by Gasteiger charge is -2.16. The molecule has 1 aromatic carbocycles. The minimum absolute atomic E-state index is 0.228. The third kappa shape index (κ3) is 4.16. The van der Waals surface area contributed by atoms with E-state index in [0.717, 1.165) is 12.2 Å². The van der Waals surface area contributed by atoms with Crippen molar-refractivity contribution in [2.45, 2.75) is 18.0 Å². The maximum Gasteiger partial charge on any atom is 0.285 e. The first-order valence-corrected chi connectivity index (χ1v) is 11.1. The summed E-state index contributed by atoms with van der Waals surface area (Å²) in [4.78, 5) is 17.0. The quantitative estimate of drug-likeness (QED) is 0.681. The monoisotopic (exact) mass is 431 g/mol. The molecule has 10 heteroatoms. The molecule has 0 aliphatic carbocycles. The SMILES string of the molecule is CS(=O)(=NC(=O)c1ccc(Oc2ccncc2)c(Cl)c1)c1cnn2c1CNCC2. The number of carbonyl (C=O) groups excluding carboxylic acids is 1. The molecule has 4 rings (SSSR count). The van der Waals surface area contributed by atoms with Gasteiger partial charge in [-0.05, 0) is 30.3 Å². The predicted octanol–water partition coefficient (Wildman–Crippen LogP) is 3.12. The Hall–Kier alpha value is -2.75. The Kier molecular flexibility index (Phi) is 5.35. The zero-order valence-electron chi connectivity index (χ0n) is 15.5. The Bertz CT molecular complexity index is 1190. The van der Waals surface area contributed by atoms with Crippen LogP contribution in [-0.2, 0) is 22.8 Å². The Morgan fingerprint density at radius 1 is 1.31 bits per heavy atom. The van der Waals surface area contributed by atoms with Crippen molar-refractivity contribution in [2.75, 3.05) is 12.8 Å². The van der Waals surface area contributed by atoms with E-state index >= 15 is 0 Å². The van der Waals surface area contributed by atoms with Crippen LogP contribution in [0.2, 0.25) is 5.02 Å². The van der Waals surface area contributed by atoms with E-state index in [-0.39, 0.29) is 10.6 Å². The molecule has 0 fully saturated rings. The zero-order valence-corrected chi connectivity index (χ0v) is 17.1. The molecule has 1 amide bonds. The van der Waals surface area contributed by atoms with E-state index in [1.165, 1.54) is 18.5 Å². The number of carbonyl (C=O) groups is 1. The summed E-state index contributed by atoms with van der Waals surface area (Å²) in [5.41, 5.74) is 1.02. The summed E-state index contributed by atoms with van der Waals surface area (Å²) in [5, 5.41) is 7.71. The first kappa shape index (κ1) is 19.6. The van der Waals surface area contributed by atoms with Gasteiger partial charge in [0.15, 0.2) is 0 Å². The number of fused-ring (bicyclic) bond motifs is 1. The Morgan fingerprint density at radius 2 is 2.10 bits per heavy atom. The highest BCUT2D eigenvalue weighted by atomic mass is 35.5. The van der Waals surface area contributed by atoms with Gasteiger partial charge in [-0.25, -0.2) is 4.21 Å². The minimum Gasteiger partial charge on any atom is -0.456 e. The van der Waals surface area contributed by atoms with Crippen molar-refractivity contribution in [1.29, 1.82) is 0 Å². The van der Waals surface area contributed by atoms with Gasteiger partial charge < -0.3 is 10.1 Å². The van der Waals surface area contributed by atoms with Gasteiger partial charge in [0.1, 0.15) is 11.5 Å². The van der Waals surface area contributed by atoms with E-state index in [1.54, 1.807) is 41.3 Å². The smallest absolute Gasteiger partial charge is 0.285 e. The number of nitrogens with zero attached hydrogens (tertiary/aromatic N) is 4. The van der Waals surface area contributed by atoms with Crippen molar-refractivity contribution in [2.24, 2.45) is 4.36 Å². The van der Waals surface area contributed by atoms with Crippen molar-refractivity contribution in [3.05, 3.63) is 65.2 Å². The van der Waals surface area contributed by atoms with Gasteiger partial charge in [0.2, 0.25) is 0 Å². The molecule has 0 bridgehead atoms. The van der Waals surface area contributed by atoms with Crippen LogP contribution in [0.25, 0.3) is 0 Å². The lowest BCUT2D eigenvalue weighted by atomic mass is 10.2. The molecular formula is C19H18ClN5O3S. The second-order valence-corrected chi connectivity index (χ2v) is 9.12. The van der Waals surface area contributed by atoms with Gasteiger partial charge in [-0.1, -0.05) is 11.6 Å². The van der Waals surface area contributed by atoms with Crippen LogP contribution in [-0.4, -0.2) is 37.7 Å². The van der Waals surface area contributed by atoms with Crippen LogP contribution in [0.5, 0.6) is 11.5 Å². The van der Waals surface area contributed by atoms with Crippen LogP contribution >= 0.6 is 11.6 Å². The maximum absolute atomic E-state index is 13.2. The highest BCUT2D eigenvalue weighted by molar-refractivity contribution is 7.93. The molecule has 1 aliphatic rings. The standard InChI is InChI=1S/C19H18ClN5O3S/c1-29(27,18-12-23-25-9-8-22-11-16(18)25)24-19(26)13-2-3-17(15(20)10-13)28-14-4-6-21-7-5-14/h2-7,10,12,22H,8-9,11H2,1H3. The summed E-state index contributed by atoms with van der Waals surface area (Å²) in [6, 6.07) is 7.96. The fourth-order valence-electron chi connectivity index (χ4n) is 2.98.